The van der Waals surface area contributed by atoms with Crippen LogP contribution in [0.1, 0.15) is 70.5 Å². The molecular formula is C20H30ClN3O. The maximum atomic E-state index is 13.0. The Hall–Kier alpha value is -1.03. The number of halogens is 1. The van der Waals surface area contributed by atoms with Crippen molar-refractivity contribution in [3.63, 3.8) is 0 Å². The lowest BCUT2D eigenvalue weighted by Crippen LogP contribution is -2.57. The maximum absolute atomic E-state index is 13.0. The van der Waals surface area contributed by atoms with Crippen molar-refractivity contribution < 1.29 is 4.79 Å². The van der Waals surface area contributed by atoms with Gasteiger partial charge >= 0.3 is 0 Å². The van der Waals surface area contributed by atoms with Gasteiger partial charge in [0.15, 0.2) is 0 Å². The van der Waals surface area contributed by atoms with Crippen LogP contribution in [0.3, 0.4) is 0 Å². The summed E-state index contributed by atoms with van der Waals surface area (Å²) in [7, 11) is 0. The first kappa shape index (κ1) is 17.4. The molecule has 4 aliphatic carbocycles. The average Bonchev–Trinajstić information content (AvgIpc) is 2.89. The summed E-state index contributed by atoms with van der Waals surface area (Å²) < 4.78 is 1.74. The molecule has 1 N–H and O–H groups in total. The smallest absolute Gasteiger partial charge is 0.244 e. The number of nitrogens with one attached hydrogen (secondary N) is 1. The number of nitrogens with zero attached hydrogens (tertiary/aromatic N) is 2. The number of aromatic nitrogens is 2. The van der Waals surface area contributed by atoms with Crippen LogP contribution in [0.25, 0.3) is 0 Å². The summed E-state index contributed by atoms with van der Waals surface area (Å²) in [6.07, 6.45) is 10.9. The molecule has 0 spiro atoms. The van der Waals surface area contributed by atoms with E-state index in [9.17, 15) is 4.79 Å². The number of hydrogen-bond acceptors (Lipinski definition) is 2. The number of rotatable bonds is 5. The predicted molar refractivity (Wildman–Crippen MR) is 99.5 cm³/mol. The van der Waals surface area contributed by atoms with Gasteiger partial charge in [0.25, 0.3) is 0 Å². The summed E-state index contributed by atoms with van der Waals surface area (Å²) in [5, 5.41) is 8.32. The van der Waals surface area contributed by atoms with E-state index >= 15 is 0 Å². The molecule has 1 aromatic rings. The molecule has 25 heavy (non-hydrogen) atoms. The molecule has 138 valence electrons. The second-order valence-electron chi connectivity index (χ2n) is 8.95. The standard InChI is InChI=1S/C20H30ClN3O/c1-4-18(20-8-14-5-15(9-20)7-16(6-14)10-20)23-19(25)13(3)24-12(2)17(21)11-22-24/h11,13-16,18H,4-10H2,1-3H3,(H,23,25). The van der Waals surface area contributed by atoms with Crippen LogP contribution in [0.15, 0.2) is 6.20 Å². The van der Waals surface area contributed by atoms with Crippen LogP contribution < -0.4 is 5.32 Å². The number of amides is 1. The van der Waals surface area contributed by atoms with Gasteiger partial charge in [0, 0.05) is 6.04 Å². The Balaban J connectivity index is 1.50. The molecule has 4 nitrogen and oxygen atoms in total. The molecule has 5 heteroatoms. The molecule has 4 aliphatic rings. The Labute approximate surface area is 155 Å². The van der Waals surface area contributed by atoms with Crippen molar-refractivity contribution in [2.24, 2.45) is 23.2 Å². The van der Waals surface area contributed by atoms with Gasteiger partial charge in [-0.2, -0.15) is 5.10 Å². The van der Waals surface area contributed by atoms with Gasteiger partial charge in [-0.1, -0.05) is 18.5 Å². The second-order valence-corrected chi connectivity index (χ2v) is 9.36. The first-order chi connectivity index (χ1) is 11.9. The van der Waals surface area contributed by atoms with Gasteiger partial charge in [0.1, 0.15) is 6.04 Å². The van der Waals surface area contributed by atoms with E-state index in [-0.39, 0.29) is 11.9 Å². The quantitative estimate of drug-likeness (QED) is 0.836. The zero-order valence-electron chi connectivity index (χ0n) is 15.6. The Bertz CT molecular complexity index is 633. The molecule has 1 heterocycles. The molecule has 0 saturated heterocycles. The molecule has 1 amide bonds. The average molecular weight is 364 g/mol. The lowest BCUT2D eigenvalue weighted by molar-refractivity contribution is -0.129. The minimum Gasteiger partial charge on any atom is -0.351 e. The minimum atomic E-state index is -0.324. The molecular weight excluding hydrogens is 334 g/mol. The third-order valence-electron chi connectivity index (χ3n) is 7.28. The van der Waals surface area contributed by atoms with E-state index in [4.69, 9.17) is 11.6 Å². The molecule has 5 rings (SSSR count). The highest BCUT2D eigenvalue weighted by Gasteiger charge is 2.54. The fraction of sp³-hybridized carbons (Fsp3) is 0.800. The van der Waals surface area contributed by atoms with Crippen molar-refractivity contribution in [1.29, 1.82) is 0 Å². The van der Waals surface area contributed by atoms with Crippen molar-refractivity contribution in [3.8, 4) is 0 Å². The summed E-state index contributed by atoms with van der Waals surface area (Å²) in [6.45, 7) is 6.05. The maximum Gasteiger partial charge on any atom is 0.244 e. The van der Waals surface area contributed by atoms with Gasteiger partial charge in [-0.15, -0.1) is 0 Å². The van der Waals surface area contributed by atoms with Gasteiger partial charge in [-0.05, 0) is 82.0 Å². The Morgan fingerprint density at radius 3 is 2.32 bits per heavy atom. The fourth-order valence-corrected chi connectivity index (χ4v) is 6.62. The molecule has 0 aromatic carbocycles. The normalized spacial score (nSPS) is 35.6. The lowest BCUT2D eigenvalue weighted by Gasteiger charge is -2.59. The van der Waals surface area contributed by atoms with Crippen molar-refractivity contribution in [2.45, 2.75) is 77.8 Å². The molecule has 4 fully saturated rings. The van der Waals surface area contributed by atoms with Crippen LogP contribution >= 0.6 is 11.6 Å². The van der Waals surface area contributed by atoms with E-state index in [2.05, 4.69) is 17.3 Å². The van der Waals surface area contributed by atoms with Crippen LogP contribution in [0.5, 0.6) is 0 Å². The van der Waals surface area contributed by atoms with Crippen molar-refractivity contribution in [2.75, 3.05) is 0 Å². The molecule has 0 aliphatic heterocycles. The van der Waals surface area contributed by atoms with Crippen molar-refractivity contribution >= 4 is 17.5 Å². The molecule has 4 saturated carbocycles. The summed E-state index contributed by atoms with van der Waals surface area (Å²) in [5.41, 5.74) is 1.20. The highest BCUT2D eigenvalue weighted by Crippen LogP contribution is 2.61. The van der Waals surface area contributed by atoms with E-state index in [1.807, 2.05) is 13.8 Å². The second kappa shape index (κ2) is 6.29. The predicted octanol–water partition coefficient (Wildman–Crippen LogP) is 4.52. The van der Waals surface area contributed by atoms with E-state index in [1.165, 1.54) is 38.5 Å². The Morgan fingerprint density at radius 2 is 1.88 bits per heavy atom. The monoisotopic (exact) mass is 363 g/mol. The van der Waals surface area contributed by atoms with Crippen molar-refractivity contribution in [1.82, 2.24) is 15.1 Å². The Kier molecular flexibility index (Phi) is 4.38. The van der Waals surface area contributed by atoms with Crippen LogP contribution in [0.4, 0.5) is 0 Å². The molecule has 2 atom stereocenters. The zero-order chi connectivity index (χ0) is 17.8. The highest BCUT2D eigenvalue weighted by molar-refractivity contribution is 6.31. The Morgan fingerprint density at radius 1 is 1.32 bits per heavy atom. The van der Waals surface area contributed by atoms with Gasteiger partial charge in [0.2, 0.25) is 5.91 Å². The van der Waals surface area contributed by atoms with E-state index in [1.54, 1.807) is 10.9 Å². The molecule has 4 bridgehead atoms. The zero-order valence-corrected chi connectivity index (χ0v) is 16.4. The van der Waals surface area contributed by atoms with E-state index in [0.717, 1.165) is 29.9 Å². The minimum absolute atomic E-state index is 0.0745. The molecule has 2 unspecified atom stereocenters. The largest absolute Gasteiger partial charge is 0.351 e. The van der Waals surface area contributed by atoms with Gasteiger partial charge in [-0.3, -0.25) is 9.48 Å². The summed E-state index contributed by atoms with van der Waals surface area (Å²) in [6, 6.07) is -0.0300. The third-order valence-corrected chi connectivity index (χ3v) is 7.65. The highest BCUT2D eigenvalue weighted by atomic mass is 35.5. The van der Waals surface area contributed by atoms with Crippen LogP contribution in [-0.4, -0.2) is 21.7 Å². The van der Waals surface area contributed by atoms with Crippen LogP contribution in [0, 0.1) is 30.1 Å². The summed E-state index contributed by atoms with van der Waals surface area (Å²) in [5.74, 6) is 2.79. The van der Waals surface area contributed by atoms with Gasteiger partial charge in [0.05, 0.1) is 16.9 Å². The van der Waals surface area contributed by atoms with Gasteiger partial charge in [-0.25, -0.2) is 0 Å². The SMILES string of the molecule is CCC(NC(=O)C(C)n1ncc(Cl)c1C)C12CC3CC(CC(C3)C1)C2. The van der Waals surface area contributed by atoms with Crippen molar-refractivity contribution in [3.05, 3.63) is 16.9 Å². The number of carbonyl (C=O) groups excluding carboxylic acids is 1. The first-order valence-electron chi connectivity index (χ1n) is 9.92. The van der Waals surface area contributed by atoms with E-state index < -0.39 is 0 Å². The first-order valence-corrected chi connectivity index (χ1v) is 10.3. The summed E-state index contributed by atoms with van der Waals surface area (Å²) in [4.78, 5) is 13.0. The fourth-order valence-electron chi connectivity index (χ4n) is 6.49. The molecule has 1 aromatic heterocycles. The number of carbonyl (C=O) groups is 1. The topological polar surface area (TPSA) is 46.9 Å². The molecule has 0 radical (unpaired) electrons. The third kappa shape index (κ3) is 2.90. The van der Waals surface area contributed by atoms with E-state index in [0.29, 0.717) is 16.5 Å². The van der Waals surface area contributed by atoms with Crippen LogP contribution in [-0.2, 0) is 4.79 Å². The van der Waals surface area contributed by atoms with Gasteiger partial charge < -0.3 is 5.32 Å². The lowest BCUT2D eigenvalue weighted by atomic mass is 9.47. The summed E-state index contributed by atoms with van der Waals surface area (Å²) >= 11 is 6.11. The van der Waals surface area contributed by atoms with Crippen LogP contribution in [0.2, 0.25) is 5.02 Å². The number of hydrogen-bond donors (Lipinski definition) is 1.